The number of aliphatic hydroxyl groups excluding tert-OH is 1. The molecule has 0 fully saturated rings. The molecule has 5 atom stereocenters. The summed E-state index contributed by atoms with van der Waals surface area (Å²) in [6, 6.07) is 13.4. The monoisotopic (exact) mass is 548 g/mol. The average Bonchev–Trinajstić information content (AvgIpc) is 2.91. The van der Waals surface area contributed by atoms with Crippen molar-refractivity contribution in [2.75, 3.05) is 20.2 Å². The van der Waals surface area contributed by atoms with E-state index in [1.54, 1.807) is 6.92 Å². The van der Waals surface area contributed by atoms with E-state index in [0.717, 1.165) is 5.56 Å². The summed E-state index contributed by atoms with van der Waals surface area (Å²) in [5.74, 6) is 5.23. The Balaban J connectivity index is 1.99. The Morgan fingerprint density at radius 1 is 1.00 bits per heavy atom. The third-order valence-corrected chi connectivity index (χ3v) is 6.73. The number of fused-ring (bicyclic) bond motifs is 1. The lowest BCUT2D eigenvalue weighted by Gasteiger charge is -2.34. The van der Waals surface area contributed by atoms with Gasteiger partial charge in [0, 0.05) is 20.0 Å². The lowest BCUT2D eigenvalue weighted by Crippen LogP contribution is -2.61. The summed E-state index contributed by atoms with van der Waals surface area (Å²) in [4.78, 5) is 41.7. The zero-order valence-corrected chi connectivity index (χ0v) is 23.8. The van der Waals surface area contributed by atoms with Gasteiger partial charge in [-0.3, -0.25) is 14.4 Å². The lowest BCUT2D eigenvalue weighted by atomic mass is 10.00. The number of likely N-dealkylation sites (N-methyl/N-ethyl adjacent to an activating group) is 1. The van der Waals surface area contributed by atoms with Gasteiger partial charge in [-0.2, -0.15) is 0 Å². The number of hydrogen-bond donors (Lipinski definition) is 4. The molecule has 3 rings (SSSR count). The van der Waals surface area contributed by atoms with Gasteiger partial charge in [-0.15, -0.1) is 0 Å². The Morgan fingerprint density at radius 3 is 2.35 bits per heavy atom. The van der Waals surface area contributed by atoms with E-state index in [-0.39, 0.29) is 24.9 Å². The maximum absolute atomic E-state index is 13.6. The van der Waals surface area contributed by atoms with Crippen molar-refractivity contribution in [2.24, 2.45) is 5.92 Å². The quantitative estimate of drug-likeness (QED) is 0.430. The van der Waals surface area contributed by atoms with Gasteiger partial charge in [0.1, 0.15) is 24.4 Å². The largest absolute Gasteiger partial charge is 0.491 e. The SMILES string of the molecule is CC(C)[C@@H]1NCCOc2ccccc2C#C[C@@H](C)NC(=O)[C@@H](Cc2ccccc2)NC(=O)[C@H](C(C)O)N(C)C1=O. The van der Waals surface area contributed by atoms with Crippen LogP contribution in [0.1, 0.15) is 38.8 Å². The van der Waals surface area contributed by atoms with Gasteiger partial charge < -0.3 is 30.7 Å². The maximum Gasteiger partial charge on any atom is 0.246 e. The molecule has 0 aromatic heterocycles. The van der Waals surface area contributed by atoms with E-state index in [2.05, 4.69) is 27.8 Å². The molecule has 3 amide bonds. The molecular formula is C31H40N4O5. The minimum atomic E-state index is -1.21. The Kier molecular flexibility index (Phi) is 11.1. The van der Waals surface area contributed by atoms with E-state index in [4.69, 9.17) is 4.74 Å². The smallest absolute Gasteiger partial charge is 0.246 e. The first kappa shape index (κ1) is 30.7. The standard InChI is InChI=1S/C31H40N4O5/c1-20(2)27-31(39)35(5)28(22(4)36)30(38)34-25(19-23-11-7-6-8-12-23)29(37)33-21(3)15-16-24-13-9-10-14-26(24)40-18-17-32-27/h6-14,20-22,25,27-28,32,36H,17-19H2,1-5H3,(H,33,37)(H,34,38)/t21-,22?,25-,27+,28+/m1/s1. The number of nitrogens with one attached hydrogen (secondary N) is 3. The van der Waals surface area contributed by atoms with Gasteiger partial charge in [0.05, 0.1) is 23.8 Å². The molecule has 0 saturated heterocycles. The first-order valence-electron chi connectivity index (χ1n) is 13.6. The fourth-order valence-corrected chi connectivity index (χ4v) is 4.61. The van der Waals surface area contributed by atoms with E-state index >= 15 is 0 Å². The van der Waals surface area contributed by atoms with Crippen LogP contribution in [0.3, 0.4) is 0 Å². The highest BCUT2D eigenvalue weighted by molar-refractivity contribution is 5.93. The van der Waals surface area contributed by atoms with Crippen molar-refractivity contribution in [3.8, 4) is 17.6 Å². The van der Waals surface area contributed by atoms with E-state index in [1.165, 1.54) is 18.9 Å². The molecule has 214 valence electrons. The van der Waals surface area contributed by atoms with Crippen molar-refractivity contribution in [3.63, 3.8) is 0 Å². The number of carbonyl (C=O) groups is 3. The number of hydrogen-bond acceptors (Lipinski definition) is 6. The summed E-state index contributed by atoms with van der Waals surface area (Å²) in [5, 5.41) is 19.5. The first-order valence-corrected chi connectivity index (χ1v) is 13.6. The van der Waals surface area contributed by atoms with Crippen LogP contribution < -0.4 is 20.7 Å². The molecule has 4 N–H and O–H groups in total. The Morgan fingerprint density at radius 2 is 1.68 bits per heavy atom. The summed E-state index contributed by atoms with van der Waals surface area (Å²) in [6.07, 6.45) is -0.965. The third-order valence-electron chi connectivity index (χ3n) is 6.73. The molecule has 1 heterocycles. The second kappa shape index (κ2) is 14.5. The Bertz CT molecular complexity index is 1220. The van der Waals surface area contributed by atoms with Crippen molar-refractivity contribution in [2.45, 2.75) is 64.4 Å². The van der Waals surface area contributed by atoms with Crippen LogP contribution >= 0.6 is 0 Å². The van der Waals surface area contributed by atoms with Gasteiger partial charge >= 0.3 is 0 Å². The summed E-state index contributed by atoms with van der Waals surface area (Å²) < 4.78 is 5.96. The topological polar surface area (TPSA) is 120 Å². The minimum Gasteiger partial charge on any atom is -0.491 e. The predicted octanol–water partition coefficient (Wildman–Crippen LogP) is 1.48. The van der Waals surface area contributed by atoms with Gasteiger partial charge in [-0.05, 0) is 37.5 Å². The molecule has 1 aliphatic heterocycles. The normalized spacial score (nSPS) is 23.9. The molecule has 40 heavy (non-hydrogen) atoms. The number of carbonyl (C=O) groups excluding carboxylic acids is 3. The second-order valence-electron chi connectivity index (χ2n) is 10.4. The highest BCUT2D eigenvalue weighted by Crippen LogP contribution is 2.17. The molecule has 0 spiro atoms. The summed E-state index contributed by atoms with van der Waals surface area (Å²) in [7, 11) is 1.49. The minimum absolute atomic E-state index is 0.102. The molecule has 9 heteroatoms. The zero-order chi connectivity index (χ0) is 29.2. The number of ether oxygens (including phenoxy) is 1. The van der Waals surface area contributed by atoms with Crippen LogP contribution in [0.4, 0.5) is 0 Å². The molecule has 1 unspecified atom stereocenters. The fourth-order valence-electron chi connectivity index (χ4n) is 4.61. The van der Waals surface area contributed by atoms with Crippen LogP contribution in [-0.2, 0) is 20.8 Å². The molecular weight excluding hydrogens is 508 g/mol. The molecule has 1 aliphatic rings. The van der Waals surface area contributed by atoms with E-state index in [9.17, 15) is 19.5 Å². The van der Waals surface area contributed by atoms with Gasteiger partial charge in [0.15, 0.2) is 0 Å². The predicted molar refractivity (Wildman–Crippen MR) is 153 cm³/mol. The third kappa shape index (κ3) is 8.31. The highest BCUT2D eigenvalue weighted by atomic mass is 16.5. The lowest BCUT2D eigenvalue weighted by molar-refractivity contribution is -0.145. The van der Waals surface area contributed by atoms with Gasteiger partial charge in [-0.1, -0.05) is 68.2 Å². The van der Waals surface area contributed by atoms with E-state index < -0.39 is 42.1 Å². The van der Waals surface area contributed by atoms with Crippen LogP contribution in [0.15, 0.2) is 54.6 Å². The highest BCUT2D eigenvalue weighted by Gasteiger charge is 2.37. The Labute approximate surface area is 236 Å². The summed E-state index contributed by atoms with van der Waals surface area (Å²) in [5.41, 5.74) is 1.52. The van der Waals surface area contributed by atoms with Crippen LogP contribution in [0.2, 0.25) is 0 Å². The number of amides is 3. The Hall–Kier alpha value is -3.87. The molecule has 9 nitrogen and oxygen atoms in total. The molecule has 0 aliphatic carbocycles. The summed E-state index contributed by atoms with van der Waals surface area (Å²) >= 11 is 0. The van der Waals surface area contributed by atoms with Crippen molar-refractivity contribution in [1.29, 1.82) is 0 Å². The van der Waals surface area contributed by atoms with Crippen molar-refractivity contribution in [1.82, 2.24) is 20.9 Å². The fraction of sp³-hybridized carbons (Fsp3) is 0.452. The second-order valence-corrected chi connectivity index (χ2v) is 10.4. The van der Waals surface area contributed by atoms with Crippen molar-refractivity contribution < 1.29 is 24.2 Å². The van der Waals surface area contributed by atoms with Crippen LogP contribution in [-0.4, -0.2) is 78.2 Å². The number of benzene rings is 2. The maximum atomic E-state index is 13.6. The molecule has 0 radical (unpaired) electrons. The number of rotatable bonds is 4. The van der Waals surface area contributed by atoms with Gasteiger partial charge in [0.25, 0.3) is 0 Å². The van der Waals surface area contributed by atoms with Crippen molar-refractivity contribution >= 4 is 17.7 Å². The number of para-hydroxylation sites is 1. The number of nitrogens with zero attached hydrogens (tertiary/aromatic N) is 1. The van der Waals surface area contributed by atoms with E-state index in [1.807, 2.05) is 68.4 Å². The van der Waals surface area contributed by atoms with E-state index in [0.29, 0.717) is 17.9 Å². The molecule has 2 aromatic carbocycles. The molecule has 0 saturated carbocycles. The zero-order valence-electron chi connectivity index (χ0n) is 23.8. The van der Waals surface area contributed by atoms with Gasteiger partial charge in [-0.25, -0.2) is 0 Å². The molecule has 0 bridgehead atoms. The van der Waals surface area contributed by atoms with Crippen LogP contribution in [0.25, 0.3) is 0 Å². The van der Waals surface area contributed by atoms with Crippen molar-refractivity contribution in [3.05, 3.63) is 65.7 Å². The summed E-state index contributed by atoms with van der Waals surface area (Å²) in [6.45, 7) is 7.68. The average molecular weight is 549 g/mol. The van der Waals surface area contributed by atoms with Crippen LogP contribution in [0, 0.1) is 17.8 Å². The first-order chi connectivity index (χ1) is 19.1. The van der Waals surface area contributed by atoms with Gasteiger partial charge in [0.2, 0.25) is 17.7 Å². The number of aliphatic hydroxyl groups is 1. The molecule has 2 aromatic rings. The van der Waals surface area contributed by atoms with Crippen LogP contribution in [0.5, 0.6) is 5.75 Å².